The van der Waals surface area contributed by atoms with E-state index in [-0.39, 0.29) is 18.2 Å². The van der Waals surface area contributed by atoms with E-state index in [1.54, 1.807) is 0 Å². The summed E-state index contributed by atoms with van der Waals surface area (Å²) < 4.78 is 23.3. The summed E-state index contributed by atoms with van der Waals surface area (Å²) >= 11 is 0. The van der Waals surface area contributed by atoms with Crippen LogP contribution >= 0.6 is 0 Å². The molecule has 7 heteroatoms. The Kier molecular flexibility index (Phi) is 6.42. The van der Waals surface area contributed by atoms with Crippen molar-refractivity contribution in [1.82, 2.24) is 0 Å². The van der Waals surface area contributed by atoms with Gasteiger partial charge in [0, 0.05) is 5.92 Å². The zero-order valence-corrected chi connectivity index (χ0v) is 17.3. The number of hydrogen-bond donors (Lipinski definition) is 0. The molecule has 0 N–H and O–H groups in total. The first-order valence-electron chi connectivity index (χ1n) is 7.95. The van der Waals surface area contributed by atoms with E-state index in [4.69, 9.17) is 18.3 Å². The van der Waals surface area contributed by atoms with Gasteiger partial charge in [0.1, 0.15) is 5.41 Å². The van der Waals surface area contributed by atoms with Crippen molar-refractivity contribution in [2.45, 2.75) is 59.4 Å². The SMILES string of the molecule is CC(C)C1OCC(CO[Si](C)(C)C)(C(=O)O[Si](C)(C)C)CO1. The lowest BCUT2D eigenvalue weighted by Crippen LogP contribution is -2.54. The highest BCUT2D eigenvalue weighted by atomic mass is 28.4. The molecule has 1 heterocycles. The largest absolute Gasteiger partial charge is 0.519 e. The van der Waals surface area contributed by atoms with Crippen LogP contribution in [-0.4, -0.2) is 48.7 Å². The monoisotopic (exact) mass is 348 g/mol. The minimum absolute atomic E-state index is 0.243. The third-order valence-corrected chi connectivity index (χ3v) is 5.01. The summed E-state index contributed by atoms with van der Waals surface area (Å²) in [4.78, 5) is 12.7. The maximum Gasteiger partial charge on any atom is 0.305 e. The van der Waals surface area contributed by atoms with Gasteiger partial charge in [0.25, 0.3) is 0 Å². The van der Waals surface area contributed by atoms with Crippen molar-refractivity contribution in [1.29, 1.82) is 0 Å². The Morgan fingerprint density at radius 3 is 1.95 bits per heavy atom. The zero-order chi connectivity index (χ0) is 17.2. The standard InChI is InChI=1S/C15H32O5Si2/c1-12(2)13-17-9-15(10-18-13,11-19-21(3,4)5)14(16)20-22(6,7)8/h12-13H,9-11H2,1-8H3. The first-order chi connectivity index (χ1) is 9.85. The molecule has 0 aromatic carbocycles. The van der Waals surface area contributed by atoms with Gasteiger partial charge in [0.15, 0.2) is 14.6 Å². The first-order valence-corrected chi connectivity index (χ1v) is 14.8. The fraction of sp³-hybridized carbons (Fsp3) is 0.933. The number of hydrogen-bond acceptors (Lipinski definition) is 5. The summed E-state index contributed by atoms with van der Waals surface area (Å²) in [5.74, 6) is 0.0102. The van der Waals surface area contributed by atoms with Crippen LogP contribution in [0.15, 0.2) is 0 Å². The van der Waals surface area contributed by atoms with Crippen LogP contribution in [0.4, 0.5) is 0 Å². The van der Waals surface area contributed by atoms with Gasteiger partial charge in [-0.25, -0.2) is 0 Å². The summed E-state index contributed by atoms with van der Waals surface area (Å²) in [5, 5.41) is 0. The van der Waals surface area contributed by atoms with Crippen molar-refractivity contribution in [3.63, 3.8) is 0 Å². The molecule has 130 valence electrons. The van der Waals surface area contributed by atoms with E-state index in [1.165, 1.54) is 0 Å². The summed E-state index contributed by atoms with van der Waals surface area (Å²) in [6.07, 6.45) is -0.264. The molecule has 0 aromatic heterocycles. The summed E-state index contributed by atoms with van der Waals surface area (Å²) in [5.41, 5.74) is -0.841. The molecule has 0 bridgehead atoms. The molecule has 0 aromatic rings. The number of carbonyl (C=O) groups excluding carboxylic acids is 1. The molecule has 22 heavy (non-hydrogen) atoms. The molecule has 0 saturated carbocycles. The molecule has 0 spiro atoms. The van der Waals surface area contributed by atoms with Gasteiger partial charge in [0.2, 0.25) is 8.32 Å². The maximum atomic E-state index is 12.7. The smallest absolute Gasteiger partial charge is 0.305 e. The first kappa shape index (κ1) is 19.8. The number of carbonyl (C=O) groups is 1. The Bertz CT molecular complexity index is 376. The minimum atomic E-state index is -1.97. The van der Waals surface area contributed by atoms with Crippen LogP contribution in [0.5, 0.6) is 0 Å². The average molecular weight is 349 g/mol. The Hall–Kier alpha value is -0.216. The van der Waals surface area contributed by atoms with Crippen LogP contribution in [-0.2, 0) is 23.1 Å². The molecule has 0 atom stereocenters. The minimum Gasteiger partial charge on any atom is -0.519 e. The van der Waals surface area contributed by atoms with Crippen LogP contribution in [0.1, 0.15) is 13.8 Å². The molecule has 1 aliphatic heterocycles. The Morgan fingerprint density at radius 1 is 1.09 bits per heavy atom. The van der Waals surface area contributed by atoms with Gasteiger partial charge in [-0.2, -0.15) is 0 Å². The van der Waals surface area contributed by atoms with Crippen LogP contribution in [0.2, 0.25) is 39.3 Å². The molecule has 1 aliphatic rings. The van der Waals surface area contributed by atoms with Gasteiger partial charge in [-0.3, -0.25) is 4.79 Å². The highest BCUT2D eigenvalue weighted by Crippen LogP contribution is 2.31. The molecule has 5 nitrogen and oxygen atoms in total. The van der Waals surface area contributed by atoms with E-state index in [2.05, 4.69) is 19.6 Å². The van der Waals surface area contributed by atoms with E-state index >= 15 is 0 Å². The second kappa shape index (κ2) is 7.13. The van der Waals surface area contributed by atoms with Crippen LogP contribution in [0, 0.1) is 11.3 Å². The van der Waals surface area contributed by atoms with Gasteiger partial charge in [-0.15, -0.1) is 0 Å². The molecule has 1 saturated heterocycles. The lowest BCUT2D eigenvalue weighted by Gasteiger charge is -2.41. The van der Waals surface area contributed by atoms with E-state index in [0.29, 0.717) is 19.8 Å². The molecule has 1 rings (SSSR count). The second-order valence-corrected chi connectivity index (χ2v) is 17.4. The molecule has 1 fully saturated rings. The fourth-order valence-corrected chi connectivity index (χ4v) is 3.44. The van der Waals surface area contributed by atoms with Crippen molar-refractivity contribution >= 4 is 22.6 Å². The van der Waals surface area contributed by atoms with E-state index in [0.717, 1.165) is 0 Å². The van der Waals surface area contributed by atoms with Crippen molar-refractivity contribution in [2.75, 3.05) is 19.8 Å². The zero-order valence-electron chi connectivity index (χ0n) is 15.3. The maximum absolute atomic E-state index is 12.7. The fourth-order valence-electron chi connectivity index (χ4n) is 1.96. The average Bonchev–Trinajstić information content (AvgIpc) is 2.33. The Balaban J connectivity index is 2.85. The van der Waals surface area contributed by atoms with Crippen LogP contribution in [0.25, 0.3) is 0 Å². The van der Waals surface area contributed by atoms with E-state index < -0.39 is 22.0 Å². The van der Waals surface area contributed by atoms with Gasteiger partial charge < -0.3 is 18.3 Å². The Morgan fingerprint density at radius 2 is 1.59 bits per heavy atom. The molecule has 0 unspecified atom stereocenters. The quantitative estimate of drug-likeness (QED) is 0.690. The number of ether oxygens (including phenoxy) is 2. The molecule has 0 aliphatic carbocycles. The summed E-state index contributed by atoms with van der Waals surface area (Å²) in [6, 6.07) is 0. The van der Waals surface area contributed by atoms with Gasteiger partial charge >= 0.3 is 5.97 Å². The molecule has 0 amide bonds. The third-order valence-electron chi connectivity index (χ3n) is 3.21. The van der Waals surface area contributed by atoms with Gasteiger partial charge in [-0.1, -0.05) is 13.8 Å². The van der Waals surface area contributed by atoms with E-state index in [9.17, 15) is 4.79 Å². The highest BCUT2D eigenvalue weighted by molar-refractivity contribution is 6.71. The predicted molar refractivity (Wildman–Crippen MR) is 91.7 cm³/mol. The normalized spacial score (nSPS) is 27.0. The lowest BCUT2D eigenvalue weighted by molar-refractivity contribution is -0.251. The molecular weight excluding hydrogens is 316 g/mol. The third kappa shape index (κ3) is 6.12. The topological polar surface area (TPSA) is 54.0 Å². The van der Waals surface area contributed by atoms with Crippen molar-refractivity contribution in [3.05, 3.63) is 0 Å². The van der Waals surface area contributed by atoms with Crippen LogP contribution in [0.3, 0.4) is 0 Å². The van der Waals surface area contributed by atoms with Crippen molar-refractivity contribution in [2.24, 2.45) is 11.3 Å². The Labute approximate surface area is 136 Å². The summed E-state index contributed by atoms with van der Waals surface area (Å²) in [6.45, 7) is 17.3. The second-order valence-electron chi connectivity index (χ2n) is 8.42. The van der Waals surface area contributed by atoms with Crippen LogP contribution < -0.4 is 0 Å². The highest BCUT2D eigenvalue weighted by Gasteiger charge is 2.47. The number of rotatable bonds is 6. The molecule has 0 radical (unpaired) electrons. The van der Waals surface area contributed by atoms with Crippen molar-refractivity contribution < 1.29 is 23.1 Å². The van der Waals surface area contributed by atoms with Gasteiger partial charge in [0.05, 0.1) is 19.8 Å². The molecular formula is C15H32O5Si2. The lowest BCUT2D eigenvalue weighted by atomic mass is 9.90. The predicted octanol–water partition coefficient (Wildman–Crippen LogP) is 3.23. The van der Waals surface area contributed by atoms with Crippen molar-refractivity contribution in [3.8, 4) is 0 Å². The summed E-state index contributed by atoms with van der Waals surface area (Å²) in [7, 11) is -3.71. The van der Waals surface area contributed by atoms with E-state index in [1.807, 2.05) is 33.5 Å². The van der Waals surface area contributed by atoms with Gasteiger partial charge in [-0.05, 0) is 39.3 Å².